The second-order valence-corrected chi connectivity index (χ2v) is 9.66. The monoisotopic (exact) mass is 475 g/mol. The van der Waals surface area contributed by atoms with E-state index in [9.17, 15) is 14.4 Å². The number of H-pyrrole nitrogens is 1. The number of para-hydroxylation sites is 1. The lowest BCUT2D eigenvalue weighted by Gasteiger charge is -2.33. The van der Waals surface area contributed by atoms with Gasteiger partial charge in [-0.15, -0.1) is 0 Å². The zero-order chi connectivity index (χ0) is 25.2. The van der Waals surface area contributed by atoms with E-state index >= 15 is 0 Å². The van der Waals surface area contributed by atoms with Gasteiger partial charge in [0.15, 0.2) is 0 Å². The van der Waals surface area contributed by atoms with Crippen LogP contribution in [0.1, 0.15) is 47.8 Å². The third kappa shape index (κ3) is 5.38. The van der Waals surface area contributed by atoms with Gasteiger partial charge in [0.25, 0.3) is 5.91 Å². The van der Waals surface area contributed by atoms with Crippen molar-refractivity contribution in [3.63, 3.8) is 0 Å². The van der Waals surface area contributed by atoms with Crippen LogP contribution in [0, 0.1) is 0 Å². The molecular formula is C27H33N5O3. The first-order valence-corrected chi connectivity index (χ1v) is 12.0. The van der Waals surface area contributed by atoms with E-state index in [0.717, 1.165) is 27.6 Å². The zero-order valence-electron chi connectivity index (χ0n) is 20.5. The molecule has 0 saturated carbocycles. The minimum atomic E-state index is -1.11. The Labute approximate surface area is 205 Å². The Balaban J connectivity index is 1.56. The fraction of sp³-hybridized carbons (Fsp3) is 0.370. The number of aromatic nitrogens is 1. The van der Waals surface area contributed by atoms with Crippen LogP contribution in [0.25, 0.3) is 10.9 Å². The van der Waals surface area contributed by atoms with Gasteiger partial charge >= 0.3 is 0 Å². The molecule has 1 atom stereocenters. The summed E-state index contributed by atoms with van der Waals surface area (Å²) in [6.07, 6.45) is 2.88. The lowest BCUT2D eigenvalue weighted by Crippen LogP contribution is -2.57. The van der Waals surface area contributed by atoms with Gasteiger partial charge in [0.05, 0.1) is 5.54 Å². The summed E-state index contributed by atoms with van der Waals surface area (Å²) in [5.74, 6) is -0.620. The SMILES string of the molecule is CCNC(=O)c1ccc2c(c1)CCN(C(=O)[C@@H](Cc1c[nH]c3ccccc13)NC(=O)C(C)(C)N)C2. The summed E-state index contributed by atoms with van der Waals surface area (Å²) < 4.78 is 0. The van der Waals surface area contributed by atoms with Crippen molar-refractivity contribution < 1.29 is 14.4 Å². The highest BCUT2D eigenvalue weighted by Crippen LogP contribution is 2.24. The van der Waals surface area contributed by atoms with Gasteiger partial charge in [-0.05, 0) is 62.1 Å². The van der Waals surface area contributed by atoms with Crippen molar-refractivity contribution in [2.24, 2.45) is 5.73 Å². The van der Waals surface area contributed by atoms with Crippen LogP contribution in [0.3, 0.4) is 0 Å². The average molecular weight is 476 g/mol. The molecule has 8 nitrogen and oxygen atoms in total. The summed E-state index contributed by atoms with van der Waals surface area (Å²) in [7, 11) is 0. The Morgan fingerprint density at radius 3 is 2.66 bits per heavy atom. The maximum atomic E-state index is 13.7. The summed E-state index contributed by atoms with van der Waals surface area (Å²) >= 11 is 0. The number of nitrogens with one attached hydrogen (secondary N) is 3. The molecule has 0 radical (unpaired) electrons. The predicted molar refractivity (Wildman–Crippen MR) is 136 cm³/mol. The van der Waals surface area contributed by atoms with Crippen LogP contribution in [0.4, 0.5) is 0 Å². The molecule has 1 aliphatic rings. The first-order chi connectivity index (χ1) is 16.7. The fourth-order valence-electron chi connectivity index (χ4n) is 4.43. The molecule has 1 aliphatic heterocycles. The summed E-state index contributed by atoms with van der Waals surface area (Å²) in [6.45, 7) is 6.64. The number of carbonyl (C=O) groups excluding carboxylic acids is 3. The van der Waals surface area contributed by atoms with Crippen LogP contribution >= 0.6 is 0 Å². The lowest BCUT2D eigenvalue weighted by atomic mass is 9.95. The molecule has 8 heteroatoms. The van der Waals surface area contributed by atoms with Crippen LogP contribution in [0.15, 0.2) is 48.7 Å². The van der Waals surface area contributed by atoms with E-state index in [-0.39, 0.29) is 17.7 Å². The van der Waals surface area contributed by atoms with Gasteiger partial charge < -0.3 is 26.3 Å². The maximum absolute atomic E-state index is 13.7. The second-order valence-electron chi connectivity index (χ2n) is 9.66. The van der Waals surface area contributed by atoms with Crippen LogP contribution in [-0.2, 0) is 29.0 Å². The van der Waals surface area contributed by atoms with Crippen molar-refractivity contribution in [3.8, 4) is 0 Å². The molecule has 0 spiro atoms. The molecule has 2 heterocycles. The Morgan fingerprint density at radius 2 is 1.91 bits per heavy atom. The summed E-state index contributed by atoms with van der Waals surface area (Å²) in [5.41, 5.74) is 9.55. The molecule has 4 rings (SSSR count). The van der Waals surface area contributed by atoms with Crippen molar-refractivity contribution in [1.29, 1.82) is 0 Å². The lowest BCUT2D eigenvalue weighted by molar-refractivity contribution is -0.138. The zero-order valence-corrected chi connectivity index (χ0v) is 20.5. The summed E-state index contributed by atoms with van der Waals surface area (Å²) in [6, 6.07) is 12.7. The molecule has 0 bridgehead atoms. The molecule has 2 aromatic carbocycles. The standard InChI is InChI=1S/C27H33N5O3/c1-4-29-24(33)18-9-10-19-16-32(12-11-17(19)13-18)25(34)23(31-26(35)27(2,3)28)14-20-15-30-22-8-6-5-7-21(20)22/h5-10,13,15,23,30H,4,11-12,14,16,28H2,1-3H3,(H,29,33)(H,31,35)/t23-/m1/s1. The Kier molecular flexibility index (Phi) is 6.93. The van der Waals surface area contributed by atoms with E-state index in [1.54, 1.807) is 24.8 Å². The maximum Gasteiger partial charge on any atom is 0.251 e. The largest absolute Gasteiger partial charge is 0.361 e. The van der Waals surface area contributed by atoms with Crippen LogP contribution in [-0.4, -0.2) is 52.3 Å². The fourth-order valence-corrected chi connectivity index (χ4v) is 4.43. The van der Waals surface area contributed by atoms with E-state index in [1.807, 2.05) is 49.5 Å². The number of hydrogen-bond donors (Lipinski definition) is 4. The smallest absolute Gasteiger partial charge is 0.251 e. The number of amides is 3. The van der Waals surface area contributed by atoms with E-state index in [0.29, 0.717) is 38.0 Å². The quantitative estimate of drug-likeness (QED) is 0.419. The average Bonchev–Trinajstić information content (AvgIpc) is 3.24. The molecule has 0 aliphatic carbocycles. The molecule has 0 saturated heterocycles. The molecular weight excluding hydrogens is 442 g/mol. The third-order valence-corrected chi connectivity index (χ3v) is 6.42. The highest BCUT2D eigenvalue weighted by Gasteiger charge is 2.32. The van der Waals surface area contributed by atoms with Crippen LogP contribution in [0.5, 0.6) is 0 Å². The van der Waals surface area contributed by atoms with Gasteiger partial charge in [-0.1, -0.05) is 24.3 Å². The predicted octanol–water partition coefficient (Wildman–Crippen LogP) is 2.27. The number of nitrogens with zero attached hydrogens (tertiary/aromatic N) is 1. The Bertz CT molecular complexity index is 1260. The molecule has 1 aromatic heterocycles. The Hall–Kier alpha value is -3.65. The molecule has 0 fully saturated rings. The van der Waals surface area contributed by atoms with E-state index in [4.69, 9.17) is 5.73 Å². The third-order valence-electron chi connectivity index (χ3n) is 6.42. The van der Waals surface area contributed by atoms with Gasteiger partial charge in [0, 0.05) is 48.7 Å². The van der Waals surface area contributed by atoms with E-state index < -0.39 is 11.6 Å². The van der Waals surface area contributed by atoms with Crippen molar-refractivity contribution >= 4 is 28.6 Å². The minimum Gasteiger partial charge on any atom is -0.361 e. The topological polar surface area (TPSA) is 120 Å². The number of hydrogen-bond acceptors (Lipinski definition) is 4. The second kappa shape index (κ2) is 9.92. The highest BCUT2D eigenvalue weighted by molar-refractivity contribution is 5.95. The molecule has 3 aromatic rings. The van der Waals surface area contributed by atoms with Gasteiger partial charge in [-0.25, -0.2) is 0 Å². The number of carbonyl (C=O) groups is 3. The van der Waals surface area contributed by atoms with E-state index in [2.05, 4.69) is 15.6 Å². The van der Waals surface area contributed by atoms with Crippen molar-refractivity contribution in [1.82, 2.24) is 20.5 Å². The molecule has 35 heavy (non-hydrogen) atoms. The summed E-state index contributed by atoms with van der Waals surface area (Å²) in [5, 5.41) is 6.74. The Morgan fingerprint density at radius 1 is 1.14 bits per heavy atom. The van der Waals surface area contributed by atoms with Crippen molar-refractivity contribution in [3.05, 3.63) is 70.9 Å². The number of fused-ring (bicyclic) bond motifs is 2. The minimum absolute atomic E-state index is 0.0975. The highest BCUT2D eigenvalue weighted by atomic mass is 16.2. The van der Waals surface area contributed by atoms with E-state index in [1.165, 1.54) is 0 Å². The van der Waals surface area contributed by atoms with Gasteiger partial charge in [0.2, 0.25) is 11.8 Å². The molecule has 3 amide bonds. The number of aromatic amines is 1. The summed E-state index contributed by atoms with van der Waals surface area (Å²) in [4.78, 5) is 43.6. The first kappa shape index (κ1) is 24.5. The molecule has 184 valence electrons. The normalized spacial score (nSPS) is 14.3. The van der Waals surface area contributed by atoms with Crippen molar-refractivity contribution in [2.45, 2.75) is 51.7 Å². The van der Waals surface area contributed by atoms with Gasteiger partial charge in [-0.2, -0.15) is 0 Å². The number of nitrogens with two attached hydrogens (primary N) is 1. The van der Waals surface area contributed by atoms with Gasteiger partial charge in [0.1, 0.15) is 6.04 Å². The van der Waals surface area contributed by atoms with Crippen LogP contribution < -0.4 is 16.4 Å². The van der Waals surface area contributed by atoms with Gasteiger partial charge in [-0.3, -0.25) is 14.4 Å². The number of rotatable bonds is 7. The van der Waals surface area contributed by atoms with Crippen molar-refractivity contribution in [2.75, 3.05) is 13.1 Å². The molecule has 0 unspecified atom stereocenters. The number of benzene rings is 2. The molecule has 5 N–H and O–H groups in total. The first-order valence-electron chi connectivity index (χ1n) is 12.0. The van der Waals surface area contributed by atoms with Crippen LogP contribution in [0.2, 0.25) is 0 Å².